The molecule has 0 aliphatic heterocycles. The van der Waals surface area contributed by atoms with Gasteiger partial charge < -0.3 is 9.88 Å². The van der Waals surface area contributed by atoms with Crippen molar-refractivity contribution < 1.29 is 4.79 Å². The number of anilines is 1. The van der Waals surface area contributed by atoms with Crippen LogP contribution >= 0.6 is 11.6 Å². The van der Waals surface area contributed by atoms with Gasteiger partial charge in [-0.1, -0.05) is 23.7 Å². The van der Waals surface area contributed by atoms with E-state index in [4.69, 9.17) is 11.6 Å². The maximum absolute atomic E-state index is 11.5. The van der Waals surface area contributed by atoms with Crippen LogP contribution in [-0.4, -0.2) is 22.2 Å². The Bertz CT molecular complexity index is 786. The SMILES string of the molecule is CCn1cc(-c2ccc(Cl)cc2)c(C(C)=NC(C)=O)c1NC1CC1. The summed E-state index contributed by atoms with van der Waals surface area (Å²) >= 11 is 6.03. The Morgan fingerprint density at radius 3 is 2.50 bits per heavy atom. The molecule has 1 aliphatic rings. The Morgan fingerprint density at radius 2 is 1.96 bits per heavy atom. The van der Waals surface area contributed by atoms with E-state index >= 15 is 0 Å². The molecule has 126 valence electrons. The van der Waals surface area contributed by atoms with Gasteiger partial charge in [0.25, 0.3) is 0 Å². The van der Waals surface area contributed by atoms with Crippen molar-refractivity contribution in [1.29, 1.82) is 0 Å². The molecule has 0 unspecified atom stereocenters. The van der Waals surface area contributed by atoms with E-state index in [9.17, 15) is 4.79 Å². The molecular weight excluding hydrogens is 322 g/mol. The first-order chi connectivity index (χ1) is 11.5. The van der Waals surface area contributed by atoms with Crippen LogP contribution in [0, 0.1) is 0 Å². The molecule has 0 atom stereocenters. The van der Waals surface area contributed by atoms with E-state index in [2.05, 4.69) is 28.0 Å². The van der Waals surface area contributed by atoms with Crippen LogP contribution in [0.15, 0.2) is 35.5 Å². The molecule has 0 spiro atoms. The van der Waals surface area contributed by atoms with Crippen molar-refractivity contribution in [3.05, 3.63) is 41.0 Å². The summed E-state index contributed by atoms with van der Waals surface area (Å²) < 4.78 is 2.19. The van der Waals surface area contributed by atoms with E-state index < -0.39 is 0 Å². The number of hydrogen-bond acceptors (Lipinski definition) is 2. The molecule has 1 fully saturated rings. The first-order valence-electron chi connectivity index (χ1n) is 8.31. The average molecular weight is 344 g/mol. The number of amides is 1. The Kier molecular flexibility index (Phi) is 4.76. The van der Waals surface area contributed by atoms with Crippen LogP contribution in [0.4, 0.5) is 5.82 Å². The first kappa shape index (κ1) is 16.8. The molecule has 0 radical (unpaired) electrons. The van der Waals surface area contributed by atoms with Crippen LogP contribution in [-0.2, 0) is 11.3 Å². The molecule has 1 aromatic heterocycles. The van der Waals surface area contributed by atoms with Gasteiger partial charge in [-0.15, -0.1) is 0 Å². The van der Waals surface area contributed by atoms with E-state index in [0.29, 0.717) is 11.1 Å². The van der Waals surface area contributed by atoms with E-state index in [1.165, 1.54) is 19.8 Å². The maximum Gasteiger partial charge on any atom is 0.242 e. The molecule has 1 N–H and O–H groups in total. The molecule has 1 aliphatic carbocycles. The molecule has 4 nitrogen and oxygen atoms in total. The summed E-state index contributed by atoms with van der Waals surface area (Å²) in [6.07, 6.45) is 4.50. The Hall–Kier alpha value is -2.07. The molecule has 1 saturated carbocycles. The topological polar surface area (TPSA) is 46.4 Å². The minimum atomic E-state index is -0.184. The third kappa shape index (κ3) is 3.54. The third-order valence-electron chi connectivity index (χ3n) is 4.18. The van der Waals surface area contributed by atoms with Crippen molar-refractivity contribution in [3.8, 4) is 11.1 Å². The second kappa shape index (κ2) is 6.81. The standard InChI is InChI=1S/C19H22ClN3O/c1-4-23-11-17(14-5-7-15(20)8-6-14)18(12(2)21-13(3)24)19(23)22-16-9-10-16/h5-8,11,16,22H,4,9-10H2,1-3H3. The summed E-state index contributed by atoms with van der Waals surface area (Å²) in [4.78, 5) is 15.7. The number of aliphatic imine (C=N–C) groups is 1. The van der Waals surface area contributed by atoms with Gasteiger partial charge in [-0.2, -0.15) is 0 Å². The summed E-state index contributed by atoms with van der Waals surface area (Å²) in [5, 5.41) is 4.31. The number of rotatable bonds is 5. The maximum atomic E-state index is 11.5. The number of aromatic nitrogens is 1. The lowest BCUT2D eigenvalue weighted by molar-refractivity contribution is -0.115. The third-order valence-corrected chi connectivity index (χ3v) is 4.43. The fraction of sp³-hybridized carbons (Fsp3) is 0.368. The zero-order valence-corrected chi connectivity index (χ0v) is 15.0. The van der Waals surface area contributed by atoms with Crippen LogP contribution in [0.2, 0.25) is 5.02 Å². The molecule has 5 heteroatoms. The van der Waals surface area contributed by atoms with Gasteiger partial charge in [0, 0.05) is 41.9 Å². The fourth-order valence-corrected chi connectivity index (χ4v) is 3.01. The zero-order valence-electron chi connectivity index (χ0n) is 14.3. The first-order valence-corrected chi connectivity index (χ1v) is 8.69. The average Bonchev–Trinajstić information content (AvgIpc) is 3.27. The highest BCUT2D eigenvalue weighted by Crippen LogP contribution is 2.36. The highest BCUT2D eigenvalue weighted by Gasteiger charge is 2.26. The van der Waals surface area contributed by atoms with Crippen molar-refractivity contribution in [2.75, 3.05) is 5.32 Å². The lowest BCUT2D eigenvalue weighted by Crippen LogP contribution is -2.11. The number of nitrogens with one attached hydrogen (secondary N) is 1. The van der Waals surface area contributed by atoms with E-state index in [1.54, 1.807) is 0 Å². The molecule has 0 saturated heterocycles. The van der Waals surface area contributed by atoms with Gasteiger partial charge in [0.15, 0.2) is 0 Å². The molecule has 3 rings (SSSR count). The van der Waals surface area contributed by atoms with Gasteiger partial charge in [0.1, 0.15) is 5.82 Å². The molecule has 1 amide bonds. The smallest absolute Gasteiger partial charge is 0.242 e. The van der Waals surface area contributed by atoms with E-state index in [0.717, 1.165) is 34.8 Å². The highest BCUT2D eigenvalue weighted by molar-refractivity contribution is 6.30. The van der Waals surface area contributed by atoms with E-state index in [1.807, 2.05) is 31.2 Å². The molecule has 0 bridgehead atoms. The van der Waals surface area contributed by atoms with Crippen LogP contribution in [0.25, 0.3) is 11.1 Å². The lowest BCUT2D eigenvalue weighted by Gasteiger charge is -2.12. The summed E-state index contributed by atoms with van der Waals surface area (Å²) in [5.74, 6) is 0.864. The minimum Gasteiger partial charge on any atom is -0.368 e. The van der Waals surface area contributed by atoms with Crippen molar-refractivity contribution in [2.24, 2.45) is 4.99 Å². The number of halogens is 1. The second-order valence-corrected chi connectivity index (χ2v) is 6.63. The summed E-state index contributed by atoms with van der Waals surface area (Å²) in [6.45, 7) is 6.35. The quantitative estimate of drug-likeness (QED) is 0.796. The van der Waals surface area contributed by atoms with Crippen molar-refractivity contribution in [3.63, 3.8) is 0 Å². The Balaban J connectivity index is 2.17. The van der Waals surface area contributed by atoms with Crippen LogP contribution < -0.4 is 5.32 Å². The summed E-state index contributed by atoms with van der Waals surface area (Å²) in [7, 11) is 0. The van der Waals surface area contributed by atoms with Gasteiger partial charge in [-0.3, -0.25) is 4.79 Å². The minimum absolute atomic E-state index is 0.184. The summed E-state index contributed by atoms with van der Waals surface area (Å²) in [5.41, 5.74) is 3.88. The monoisotopic (exact) mass is 343 g/mol. The van der Waals surface area contributed by atoms with Crippen molar-refractivity contribution in [2.45, 2.75) is 46.2 Å². The van der Waals surface area contributed by atoms with Gasteiger partial charge in [-0.25, -0.2) is 4.99 Å². The normalized spacial score (nSPS) is 14.8. The second-order valence-electron chi connectivity index (χ2n) is 6.19. The van der Waals surface area contributed by atoms with Gasteiger partial charge >= 0.3 is 0 Å². The number of nitrogens with zero attached hydrogens (tertiary/aromatic N) is 2. The van der Waals surface area contributed by atoms with Crippen LogP contribution in [0.3, 0.4) is 0 Å². The summed E-state index contributed by atoms with van der Waals surface area (Å²) in [6, 6.07) is 8.30. The zero-order chi connectivity index (χ0) is 17.3. The number of carbonyl (C=O) groups excluding carboxylic acids is 1. The Morgan fingerprint density at radius 1 is 1.29 bits per heavy atom. The molecule has 1 heterocycles. The molecule has 2 aromatic rings. The van der Waals surface area contributed by atoms with E-state index in [-0.39, 0.29) is 5.91 Å². The van der Waals surface area contributed by atoms with Crippen LogP contribution in [0.5, 0.6) is 0 Å². The fourth-order valence-electron chi connectivity index (χ4n) is 2.89. The largest absolute Gasteiger partial charge is 0.368 e. The lowest BCUT2D eigenvalue weighted by atomic mass is 10.0. The highest BCUT2D eigenvalue weighted by atomic mass is 35.5. The van der Waals surface area contributed by atoms with Gasteiger partial charge in [0.2, 0.25) is 5.91 Å². The van der Waals surface area contributed by atoms with Crippen LogP contribution in [0.1, 0.15) is 39.2 Å². The van der Waals surface area contributed by atoms with Crippen molar-refractivity contribution in [1.82, 2.24) is 4.57 Å². The van der Waals surface area contributed by atoms with Gasteiger partial charge in [0.05, 0.1) is 5.71 Å². The molecular formula is C19H22ClN3O. The molecule has 1 aromatic carbocycles. The Labute approximate surface area is 147 Å². The van der Waals surface area contributed by atoms with Crippen molar-refractivity contribution >= 4 is 29.0 Å². The molecule has 24 heavy (non-hydrogen) atoms. The number of hydrogen-bond donors (Lipinski definition) is 1. The van der Waals surface area contributed by atoms with Gasteiger partial charge in [-0.05, 0) is 44.4 Å². The number of aryl methyl sites for hydroxylation is 1. The number of carbonyl (C=O) groups is 1. The predicted octanol–water partition coefficient (Wildman–Crippen LogP) is 4.76. The predicted molar refractivity (Wildman–Crippen MR) is 100 cm³/mol. The number of benzene rings is 1.